The van der Waals surface area contributed by atoms with Crippen LogP contribution in [0.15, 0.2) is 75.7 Å². The topological polar surface area (TPSA) is 146 Å². The third-order valence-electron chi connectivity index (χ3n) is 7.26. The van der Waals surface area contributed by atoms with Crippen molar-refractivity contribution in [1.29, 1.82) is 0 Å². The second-order valence-corrected chi connectivity index (χ2v) is 12.3. The Morgan fingerprint density at radius 3 is 2.26 bits per heavy atom. The zero-order chi connectivity index (χ0) is 28.5. The molecule has 1 atom stereocenters. The molecule has 210 valence electrons. The van der Waals surface area contributed by atoms with Crippen LogP contribution in [0.2, 0.25) is 0 Å². The molecule has 0 saturated heterocycles. The van der Waals surface area contributed by atoms with Crippen molar-refractivity contribution in [3.8, 4) is 5.75 Å². The highest BCUT2D eigenvalue weighted by Crippen LogP contribution is 2.46. The lowest BCUT2D eigenvalue weighted by atomic mass is 9.86. The lowest BCUT2D eigenvalue weighted by Crippen LogP contribution is -3.14. The number of quaternary nitrogens is 1. The highest BCUT2D eigenvalue weighted by atomic mass is 32.2. The summed E-state index contributed by atoms with van der Waals surface area (Å²) in [6.07, 6.45) is 5.92. The third kappa shape index (κ3) is 5.53. The van der Waals surface area contributed by atoms with Gasteiger partial charge in [-0.2, -0.15) is 4.83 Å². The van der Waals surface area contributed by atoms with E-state index in [1.54, 1.807) is 4.83 Å². The summed E-state index contributed by atoms with van der Waals surface area (Å²) in [7, 11) is -9.30. The van der Waals surface area contributed by atoms with Crippen LogP contribution in [0.25, 0.3) is 5.57 Å². The van der Waals surface area contributed by atoms with Crippen LogP contribution in [-0.4, -0.2) is 53.6 Å². The number of nitrogens with zero attached hydrogens (tertiary/aromatic N) is 1. The monoisotopic (exact) mass is 574 g/mol. The average Bonchev–Trinajstić information content (AvgIpc) is 2.92. The molecule has 0 spiro atoms. The van der Waals surface area contributed by atoms with Crippen molar-refractivity contribution in [2.24, 2.45) is 5.84 Å². The molecular formula is C27H34N4O6S2. The van der Waals surface area contributed by atoms with Gasteiger partial charge < -0.3 is 19.1 Å². The zero-order valence-corrected chi connectivity index (χ0v) is 24.0. The van der Waals surface area contributed by atoms with Crippen LogP contribution in [0.1, 0.15) is 38.8 Å². The molecule has 1 aliphatic carbocycles. The molecule has 0 fully saturated rings. The van der Waals surface area contributed by atoms with Crippen LogP contribution in [0.4, 0.5) is 5.69 Å². The number of nitrogens with one attached hydrogen (secondary N) is 2. The minimum atomic E-state index is -5.09. The maximum absolute atomic E-state index is 12.5. The first-order valence-electron chi connectivity index (χ1n) is 12.9. The Labute approximate surface area is 230 Å². The number of sulfonamides is 1. The number of nitrogens with two attached hydrogens (primary N) is 1. The molecule has 2 aliphatic rings. The van der Waals surface area contributed by atoms with E-state index in [4.69, 9.17) is 10.6 Å². The van der Waals surface area contributed by atoms with Crippen molar-refractivity contribution in [3.63, 3.8) is 0 Å². The van der Waals surface area contributed by atoms with Crippen LogP contribution < -0.4 is 25.2 Å². The molecular weight excluding hydrogens is 540 g/mol. The van der Waals surface area contributed by atoms with Crippen LogP contribution in [0, 0.1) is 0 Å². The maximum atomic E-state index is 12.5. The summed E-state index contributed by atoms with van der Waals surface area (Å²) in [5.41, 5.74) is 2.69. The van der Waals surface area contributed by atoms with Crippen LogP contribution in [0.5, 0.6) is 5.75 Å². The Bertz CT molecular complexity index is 1570. The van der Waals surface area contributed by atoms with Crippen molar-refractivity contribution >= 4 is 31.4 Å². The summed E-state index contributed by atoms with van der Waals surface area (Å²) >= 11 is 0. The van der Waals surface area contributed by atoms with Gasteiger partial charge in [0.05, 0.1) is 22.9 Å². The summed E-state index contributed by atoms with van der Waals surface area (Å²) < 4.78 is 68.5. The first-order chi connectivity index (χ1) is 18.5. The Hall–Kier alpha value is -3.00. The van der Waals surface area contributed by atoms with E-state index in [1.807, 2.05) is 36.4 Å². The number of likely N-dealkylation sites (N-methyl/N-ethyl adjacent to an activating group) is 1. The van der Waals surface area contributed by atoms with Gasteiger partial charge in [0, 0.05) is 53.2 Å². The van der Waals surface area contributed by atoms with E-state index in [1.165, 1.54) is 17.0 Å². The predicted octanol–water partition coefficient (Wildman–Crippen LogP) is 1.53. The lowest BCUT2D eigenvalue weighted by Gasteiger charge is -2.32. The molecule has 0 radical (unpaired) electrons. The molecule has 2 aromatic rings. The molecule has 1 heterocycles. The average molecular weight is 575 g/mol. The SMILES string of the molecule is CCN(CC)c1ccc2c(c1)OC1=CC([NH+](CC)CC)C=CC1=C2c1ccc(S(=O)(=O)NN)cc1S(=O)(=O)[O-]. The largest absolute Gasteiger partial charge is 0.744 e. The molecule has 0 amide bonds. The molecule has 2 aromatic carbocycles. The fourth-order valence-corrected chi connectivity index (χ4v) is 6.60. The molecule has 1 unspecified atom stereocenters. The molecule has 10 nitrogen and oxygen atoms in total. The van der Waals surface area contributed by atoms with Gasteiger partial charge in [0.15, 0.2) is 0 Å². The van der Waals surface area contributed by atoms with Gasteiger partial charge in [-0.05, 0) is 64.1 Å². The number of hydrogen-bond donors (Lipinski definition) is 3. The fourth-order valence-electron chi connectivity index (χ4n) is 5.15. The molecule has 4 N–H and O–H groups in total. The number of hydrazine groups is 1. The highest BCUT2D eigenvalue weighted by molar-refractivity contribution is 7.89. The van der Waals surface area contributed by atoms with Gasteiger partial charge in [-0.1, -0.05) is 6.07 Å². The van der Waals surface area contributed by atoms with Gasteiger partial charge in [0.25, 0.3) is 10.0 Å². The first-order valence-corrected chi connectivity index (χ1v) is 15.8. The van der Waals surface area contributed by atoms with Crippen molar-refractivity contribution in [2.75, 3.05) is 31.1 Å². The minimum absolute atomic E-state index is 0.0402. The van der Waals surface area contributed by atoms with E-state index in [9.17, 15) is 21.4 Å². The van der Waals surface area contributed by atoms with Crippen LogP contribution in [-0.2, 0) is 20.1 Å². The Kier molecular flexibility index (Phi) is 8.36. The Morgan fingerprint density at radius 2 is 1.67 bits per heavy atom. The number of hydrogen-bond acceptors (Lipinski definition) is 8. The van der Waals surface area contributed by atoms with E-state index in [0.717, 1.165) is 37.9 Å². The molecule has 39 heavy (non-hydrogen) atoms. The summed E-state index contributed by atoms with van der Waals surface area (Å²) in [5, 5.41) is 0. The van der Waals surface area contributed by atoms with Gasteiger partial charge in [0.1, 0.15) is 27.7 Å². The van der Waals surface area contributed by atoms with E-state index in [2.05, 4.69) is 32.6 Å². The summed E-state index contributed by atoms with van der Waals surface area (Å²) in [6, 6.07) is 9.10. The summed E-state index contributed by atoms with van der Waals surface area (Å²) in [4.78, 5) is 4.05. The van der Waals surface area contributed by atoms with Crippen LogP contribution in [0.3, 0.4) is 0 Å². The van der Waals surface area contributed by atoms with E-state index >= 15 is 0 Å². The normalized spacial score (nSPS) is 17.0. The molecule has 0 saturated carbocycles. The van der Waals surface area contributed by atoms with Crippen molar-refractivity contribution in [2.45, 2.75) is 43.5 Å². The van der Waals surface area contributed by atoms with E-state index < -0.39 is 29.9 Å². The third-order valence-corrected chi connectivity index (χ3v) is 9.32. The molecule has 12 heteroatoms. The van der Waals surface area contributed by atoms with Gasteiger partial charge in [0.2, 0.25) is 0 Å². The number of allylic oxidation sites excluding steroid dienone is 1. The second kappa shape index (κ2) is 11.2. The molecule has 0 aromatic heterocycles. The summed E-state index contributed by atoms with van der Waals surface area (Å²) in [5.74, 6) is 6.20. The predicted molar refractivity (Wildman–Crippen MR) is 149 cm³/mol. The van der Waals surface area contributed by atoms with E-state index in [0.29, 0.717) is 28.2 Å². The quantitative estimate of drug-likeness (QED) is 0.220. The van der Waals surface area contributed by atoms with Crippen molar-refractivity contribution < 1.29 is 31.0 Å². The lowest BCUT2D eigenvalue weighted by molar-refractivity contribution is -0.908. The highest BCUT2D eigenvalue weighted by Gasteiger charge is 2.32. The smallest absolute Gasteiger partial charge is 0.253 e. The Balaban J connectivity index is 2.02. The molecule has 0 bridgehead atoms. The Morgan fingerprint density at radius 1 is 1.00 bits per heavy atom. The van der Waals surface area contributed by atoms with Gasteiger partial charge in [-0.3, -0.25) is 5.84 Å². The molecule has 4 rings (SSSR count). The van der Waals surface area contributed by atoms with E-state index in [-0.39, 0.29) is 11.6 Å². The first kappa shape index (κ1) is 29.0. The van der Waals surface area contributed by atoms with Crippen LogP contribution >= 0.6 is 0 Å². The number of ether oxygens (including phenoxy) is 1. The minimum Gasteiger partial charge on any atom is -0.744 e. The van der Waals surface area contributed by atoms with Gasteiger partial charge in [-0.15, -0.1) is 0 Å². The second-order valence-electron chi connectivity index (χ2n) is 9.26. The van der Waals surface area contributed by atoms with Gasteiger partial charge >= 0.3 is 0 Å². The van der Waals surface area contributed by atoms with Gasteiger partial charge in [-0.25, -0.2) is 16.8 Å². The number of rotatable bonds is 10. The van der Waals surface area contributed by atoms with Crippen molar-refractivity contribution in [3.05, 3.63) is 77.1 Å². The number of fused-ring (bicyclic) bond motifs is 2. The summed E-state index contributed by atoms with van der Waals surface area (Å²) in [6.45, 7) is 11.7. The van der Waals surface area contributed by atoms with Crippen molar-refractivity contribution in [1.82, 2.24) is 4.83 Å². The number of benzene rings is 2. The fraction of sp³-hybridized carbons (Fsp3) is 0.333. The molecule has 1 aliphatic heterocycles. The number of anilines is 1. The standard InChI is InChI=1S/C27H34N4O6S2/c1-5-30(6-2)18-9-12-21-24(15-18)37-25-16-19(31(7-3)8-4)10-13-22(25)27(21)23-14-11-20(38(32,33)29-28)17-26(23)39(34,35)36/h9-18,29H,5-8,28H2,1-4H3,(H,34,35,36). The zero-order valence-electron chi connectivity index (χ0n) is 22.4. The maximum Gasteiger partial charge on any atom is 0.253 e.